The summed E-state index contributed by atoms with van der Waals surface area (Å²) in [6.07, 6.45) is 0.332. The van der Waals surface area contributed by atoms with Crippen LogP contribution < -0.4 is 5.32 Å². The number of carbonyl (C=O) groups is 2. The van der Waals surface area contributed by atoms with Crippen molar-refractivity contribution in [1.29, 1.82) is 0 Å². The number of aryl methyl sites for hydroxylation is 2. The molecule has 0 radical (unpaired) electrons. The van der Waals surface area contributed by atoms with Crippen LogP contribution in [0.5, 0.6) is 0 Å². The number of ketones is 1. The molecule has 0 aliphatic carbocycles. The third-order valence-electron chi connectivity index (χ3n) is 4.08. The first-order valence-electron chi connectivity index (χ1n) is 8.44. The number of rotatable bonds is 6. The largest absolute Gasteiger partial charge is 0.302 e. The van der Waals surface area contributed by atoms with Crippen LogP contribution in [0.15, 0.2) is 53.9 Å². The Hall–Kier alpha value is -2.79. The number of thiazole rings is 1. The molecule has 0 aliphatic heterocycles. The molecule has 1 heterocycles. The number of anilines is 1. The molecule has 132 valence electrons. The lowest BCUT2D eigenvalue weighted by Crippen LogP contribution is -2.13. The number of aromatic nitrogens is 1. The highest BCUT2D eigenvalue weighted by Gasteiger charge is 2.13. The first kappa shape index (κ1) is 18.0. The van der Waals surface area contributed by atoms with Crippen LogP contribution in [-0.2, 0) is 4.79 Å². The van der Waals surface area contributed by atoms with E-state index in [-0.39, 0.29) is 24.5 Å². The van der Waals surface area contributed by atoms with Crippen LogP contribution in [0.2, 0.25) is 0 Å². The monoisotopic (exact) mass is 364 g/mol. The maximum Gasteiger partial charge on any atom is 0.226 e. The maximum absolute atomic E-state index is 12.3. The van der Waals surface area contributed by atoms with Crippen LogP contribution in [0.3, 0.4) is 0 Å². The number of nitrogens with one attached hydrogen (secondary N) is 1. The average molecular weight is 364 g/mol. The number of hydrogen-bond donors (Lipinski definition) is 1. The van der Waals surface area contributed by atoms with Gasteiger partial charge < -0.3 is 5.32 Å². The minimum absolute atomic E-state index is 0.0123. The third-order valence-corrected chi connectivity index (χ3v) is 4.84. The van der Waals surface area contributed by atoms with Gasteiger partial charge in [-0.2, -0.15) is 0 Å². The molecular formula is C21H20N2O2S. The van der Waals surface area contributed by atoms with E-state index in [2.05, 4.69) is 10.3 Å². The smallest absolute Gasteiger partial charge is 0.226 e. The highest BCUT2D eigenvalue weighted by atomic mass is 32.1. The molecular weight excluding hydrogens is 344 g/mol. The summed E-state index contributed by atoms with van der Waals surface area (Å²) < 4.78 is 0. The van der Waals surface area contributed by atoms with Gasteiger partial charge in [0, 0.05) is 29.3 Å². The highest BCUT2D eigenvalue weighted by molar-refractivity contribution is 7.14. The number of carbonyl (C=O) groups excluding carboxylic acids is 2. The van der Waals surface area contributed by atoms with Gasteiger partial charge in [-0.25, -0.2) is 4.98 Å². The van der Waals surface area contributed by atoms with Gasteiger partial charge in [-0.05, 0) is 19.4 Å². The van der Waals surface area contributed by atoms with Gasteiger partial charge in [0.25, 0.3) is 0 Å². The summed E-state index contributed by atoms with van der Waals surface area (Å²) in [5.74, 6) is -0.209. The molecule has 0 saturated heterocycles. The lowest BCUT2D eigenvalue weighted by atomic mass is 9.99. The molecule has 0 bridgehead atoms. The van der Waals surface area contributed by atoms with Crippen molar-refractivity contribution in [3.63, 3.8) is 0 Å². The van der Waals surface area contributed by atoms with Crippen molar-refractivity contribution >= 4 is 28.2 Å². The molecule has 3 aromatic rings. The quantitative estimate of drug-likeness (QED) is 0.624. The van der Waals surface area contributed by atoms with E-state index < -0.39 is 0 Å². The Balaban J connectivity index is 1.56. The summed E-state index contributed by atoms with van der Waals surface area (Å²) in [6.45, 7) is 3.91. The van der Waals surface area contributed by atoms with Crippen LogP contribution in [0.4, 0.5) is 5.13 Å². The van der Waals surface area contributed by atoms with Crippen molar-refractivity contribution < 1.29 is 9.59 Å². The molecule has 3 rings (SSSR count). The van der Waals surface area contributed by atoms with E-state index in [4.69, 9.17) is 0 Å². The molecule has 0 saturated carbocycles. The van der Waals surface area contributed by atoms with Crippen LogP contribution >= 0.6 is 11.3 Å². The van der Waals surface area contributed by atoms with Gasteiger partial charge >= 0.3 is 0 Å². The summed E-state index contributed by atoms with van der Waals surface area (Å²) >= 11 is 1.38. The second kappa shape index (κ2) is 8.06. The zero-order chi connectivity index (χ0) is 18.5. The number of amides is 1. The zero-order valence-corrected chi connectivity index (χ0v) is 15.6. The highest BCUT2D eigenvalue weighted by Crippen LogP contribution is 2.24. The molecule has 1 amide bonds. The van der Waals surface area contributed by atoms with Crippen LogP contribution in [-0.4, -0.2) is 16.7 Å². The Morgan fingerprint density at radius 1 is 1.04 bits per heavy atom. The average Bonchev–Trinajstić information content (AvgIpc) is 3.09. The fourth-order valence-corrected chi connectivity index (χ4v) is 3.48. The second-order valence-electron chi connectivity index (χ2n) is 6.19. The topological polar surface area (TPSA) is 59.1 Å². The van der Waals surface area contributed by atoms with E-state index in [1.165, 1.54) is 11.3 Å². The van der Waals surface area contributed by atoms with Gasteiger partial charge in [-0.1, -0.05) is 54.1 Å². The predicted molar refractivity (Wildman–Crippen MR) is 106 cm³/mol. The molecule has 0 unspecified atom stereocenters. The molecule has 0 fully saturated rings. The van der Waals surface area contributed by atoms with E-state index in [0.717, 1.165) is 22.4 Å². The normalized spacial score (nSPS) is 10.5. The maximum atomic E-state index is 12.3. The van der Waals surface area contributed by atoms with Gasteiger partial charge in [0.1, 0.15) is 0 Å². The zero-order valence-electron chi connectivity index (χ0n) is 14.8. The van der Waals surface area contributed by atoms with Crippen LogP contribution in [0.25, 0.3) is 11.3 Å². The summed E-state index contributed by atoms with van der Waals surface area (Å²) in [4.78, 5) is 28.9. The van der Waals surface area contributed by atoms with Gasteiger partial charge in [0.05, 0.1) is 5.69 Å². The first-order valence-corrected chi connectivity index (χ1v) is 9.32. The van der Waals surface area contributed by atoms with Crippen molar-refractivity contribution in [1.82, 2.24) is 4.98 Å². The summed E-state index contributed by atoms with van der Waals surface area (Å²) in [5.41, 5.74) is 4.59. The first-order chi connectivity index (χ1) is 12.5. The number of Topliss-reactive ketones (excluding diaryl/α,β-unsaturated/α-hetero) is 1. The fourth-order valence-electron chi connectivity index (χ4n) is 2.74. The second-order valence-corrected chi connectivity index (χ2v) is 7.05. The number of benzene rings is 2. The molecule has 0 spiro atoms. The molecule has 5 heteroatoms. The van der Waals surface area contributed by atoms with E-state index in [9.17, 15) is 9.59 Å². The van der Waals surface area contributed by atoms with Crippen molar-refractivity contribution in [3.05, 3.63) is 70.6 Å². The third kappa shape index (κ3) is 4.43. The minimum atomic E-state index is -0.197. The molecule has 1 N–H and O–H groups in total. The molecule has 0 atom stereocenters. The van der Waals surface area contributed by atoms with E-state index in [0.29, 0.717) is 10.7 Å². The summed E-state index contributed by atoms with van der Waals surface area (Å²) in [7, 11) is 0. The summed E-state index contributed by atoms with van der Waals surface area (Å²) in [6, 6.07) is 15.5. The van der Waals surface area contributed by atoms with E-state index in [1.807, 2.05) is 67.8 Å². The summed E-state index contributed by atoms with van der Waals surface area (Å²) in [5, 5.41) is 5.24. The van der Waals surface area contributed by atoms with Crippen LogP contribution in [0, 0.1) is 13.8 Å². The van der Waals surface area contributed by atoms with Crippen molar-refractivity contribution in [2.24, 2.45) is 0 Å². The molecule has 1 aromatic heterocycles. The Kier molecular flexibility index (Phi) is 5.58. The van der Waals surface area contributed by atoms with Crippen LogP contribution in [0.1, 0.15) is 34.3 Å². The minimum Gasteiger partial charge on any atom is -0.302 e. The standard InChI is InChI=1S/C21H20N2O2S/c1-14-8-9-17(15(2)12-14)19(24)10-11-20(25)23-21-22-18(13-26-21)16-6-4-3-5-7-16/h3-9,12-13H,10-11H2,1-2H3,(H,22,23,25). The van der Waals surface area contributed by atoms with Gasteiger partial charge in [-0.15, -0.1) is 11.3 Å². The van der Waals surface area contributed by atoms with Gasteiger partial charge in [0.2, 0.25) is 5.91 Å². The van der Waals surface area contributed by atoms with E-state index >= 15 is 0 Å². The number of hydrogen-bond acceptors (Lipinski definition) is 4. The van der Waals surface area contributed by atoms with Gasteiger partial charge in [0.15, 0.2) is 10.9 Å². The molecule has 2 aromatic carbocycles. The SMILES string of the molecule is Cc1ccc(C(=O)CCC(=O)Nc2nc(-c3ccccc3)cs2)c(C)c1. The van der Waals surface area contributed by atoms with Crippen molar-refractivity contribution in [3.8, 4) is 11.3 Å². The Morgan fingerprint density at radius 2 is 1.81 bits per heavy atom. The number of nitrogens with zero attached hydrogens (tertiary/aromatic N) is 1. The van der Waals surface area contributed by atoms with E-state index in [1.54, 1.807) is 0 Å². The fraction of sp³-hybridized carbons (Fsp3) is 0.190. The van der Waals surface area contributed by atoms with Crippen molar-refractivity contribution in [2.45, 2.75) is 26.7 Å². The molecule has 4 nitrogen and oxygen atoms in total. The lowest BCUT2D eigenvalue weighted by Gasteiger charge is -2.06. The Morgan fingerprint density at radius 3 is 2.54 bits per heavy atom. The van der Waals surface area contributed by atoms with Gasteiger partial charge in [-0.3, -0.25) is 9.59 Å². The lowest BCUT2D eigenvalue weighted by molar-refractivity contribution is -0.116. The molecule has 0 aliphatic rings. The molecule has 26 heavy (non-hydrogen) atoms. The Labute approximate surface area is 156 Å². The van der Waals surface area contributed by atoms with Crippen molar-refractivity contribution in [2.75, 3.05) is 5.32 Å². The predicted octanol–water partition coefficient (Wildman–Crippen LogP) is 5.03. The Bertz CT molecular complexity index is 932.